The molecule has 266 valence electrons. The molecule has 45 heavy (non-hydrogen) atoms. The summed E-state index contributed by atoms with van der Waals surface area (Å²) in [7, 11) is -8.53. The Morgan fingerprint density at radius 1 is 0.356 bits per heavy atom. The van der Waals surface area contributed by atoms with E-state index in [-0.39, 0.29) is 33.4 Å². The first kappa shape index (κ1) is 49.9. The van der Waals surface area contributed by atoms with Gasteiger partial charge in [0.05, 0.1) is 0 Å². The number of rotatable bonds is 32. The molecule has 0 amide bonds. The second-order valence-corrected chi connectivity index (χ2v) is 15.9. The molecule has 0 aromatic rings. The van der Waals surface area contributed by atoms with Crippen molar-refractivity contribution in [3.8, 4) is 0 Å². The van der Waals surface area contributed by atoms with E-state index in [2.05, 4.69) is 38.2 Å². The van der Waals surface area contributed by atoms with E-state index in [1.54, 1.807) is 0 Å². The molecule has 0 heterocycles. The molecule has 0 rings (SSSR count). The van der Waals surface area contributed by atoms with Gasteiger partial charge in [-0.15, -0.1) is 0 Å². The molecular formula is C36H70MoO6P2. The van der Waals surface area contributed by atoms with Gasteiger partial charge in [0.15, 0.2) is 0 Å². The molecule has 0 fully saturated rings. The van der Waals surface area contributed by atoms with Gasteiger partial charge in [-0.1, -0.05) is 169 Å². The predicted octanol–water partition coefficient (Wildman–Crippen LogP) is 9.87. The molecular weight excluding hydrogens is 686 g/mol. The fraction of sp³-hybridized carbons (Fsp3) is 0.889. The summed E-state index contributed by atoms with van der Waals surface area (Å²) in [6.07, 6.45) is 42.0. The van der Waals surface area contributed by atoms with Crippen molar-refractivity contribution in [2.24, 2.45) is 0 Å². The zero-order valence-electron chi connectivity index (χ0n) is 29.3. The number of hydrogen-bond donors (Lipinski definition) is 0. The van der Waals surface area contributed by atoms with Gasteiger partial charge < -0.3 is 28.7 Å². The van der Waals surface area contributed by atoms with Crippen molar-refractivity contribution in [3.63, 3.8) is 0 Å². The third kappa shape index (κ3) is 54.2. The van der Waals surface area contributed by atoms with Crippen LogP contribution in [0.1, 0.15) is 194 Å². The zero-order valence-corrected chi connectivity index (χ0v) is 33.1. The third-order valence-corrected chi connectivity index (χ3v) is 9.62. The van der Waals surface area contributed by atoms with E-state index in [1.807, 2.05) is 0 Å². The Morgan fingerprint density at radius 2 is 0.556 bits per heavy atom. The van der Waals surface area contributed by atoms with Crippen molar-refractivity contribution >= 4 is 15.2 Å². The molecule has 0 unspecified atom stereocenters. The monoisotopic (exact) mass is 758 g/mol. The van der Waals surface area contributed by atoms with Crippen LogP contribution in [-0.2, 0) is 30.2 Å². The van der Waals surface area contributed by atoms with Crippen LogP contribution < -0.4 is 19.6 Å². The van der Waals surface area contributed by atoms with Crippen molar-refractivity contribution in [1.82, 2.24) is 0 Å². The largest absolute Gasteiger partial charge is 4.00 e. The average Bonchev–Trinajstić information content (AvgIpc) is 2.96. The van der Waals surface area contributed by atoms with E-state index in [0.717, 1.165) is 51.4 Å². The Morgan fingerprint density at radius 3 is 0.778 bits per heavy atom. The summed E-state index contributed by atoms with van der Waals surface area (Å²) < 4.78 is 20.9. The van der Waals surface area contributed by atoms with Gasteiger partial charge in [-0.25, -0.2) is 0 Å². The second-order valence-electron chi connectivity index (χ2n) is 12.5. The third-order valence-electron chi connectivity index (χ3n) is 7.89. The maximum atomic E-state index is 10.4. The van der Waals surface area contributed by atoms with Crippen molar-refractivity contribution in [3.05, 3.63) is 24.3 Å². The predicted molar refractivity (Wildman–Crippen MR) is 184 cm³/mol. The minimum atomic E-state index is -4.26. The van der Waals surface area contributed by atoms with E-state index >= 15 is 0 Å². The molecule has 9 heteroatoms. The number of allylic oxidation sites excluding steroid dienone is 4. The molecule has 0 radical (unpaired) electrons. The molecule has 0 atom stereocenters. The van der Waals surface area contributed by atoms with Crippen LogP contribution in [-0.4, -0.2) is 12.3 Å². The Balaban J connectivity index is -0.000000767. The van der Waals surface area contributed by atoms with Gasteiger partial charge >= 0.3 is 21.1 Å². The molecule has 0 aliphatic carbocycles. The van der Waals surface area contributed by atoms with E-state index in [4.69, 9.17) is 0 Å². The molecule has 0 aromatic carbocycles. The van der Waals surface area contributed by atoms with Crippen molar-refractivity contribution < 1.29 is 49.8 Å². The number of hydrogen-bond acceptors (Lipinski definition) is 6. The Hall–Kier alpha value is 0.468. The van der Waals surface area contributed by atoms with Gasteiger partial charge in [-0.2, -0.15) is 0 Å². The smallest absolute Gasteiger partial charge is 0.811 e. The van der Waals surface area contributed by atoms with E-state index in [9.17, 15) is 28.7 Å². The summed E-state index contributed by atoms with van der Waals surface area (Å²) in [6, 6.07) is 0. The Labute approximate surface area is 294 Å². The van der Waals surface area contributed by atoms with Crippen molar-refractivity contribution in [2.45, 2.75) is 194 Å². The average molecular weight is 757 g/mol. The van der Waals surface area contributed by atoms with Gasteiger partial charge in [0.2, 0.25) is 0 Å². The summed E-state index contributed by atoms with van der Waals surface area (Å²) in [5, 5.41) is 0. The van der Waals surface area contributed by atoms with Crippen LogP contribution in [0.4, 0.5) is 0 Å². The Kier molecular flexibility index (Phi) is 43.1. The standard InChI is InChI=1S/2C18H37O3P.Mo/c2*1-2-3-4-5-6-7-8-9-10-11-12-13-14-15-16-17-18-22(19,20)21;/h2*9-10H,2-8,11-18H2,1H3,(H2,19,20,21);/q;;+4/p-4/b2*10-9-;. The minimum absolute atomic E-state index is 0. The summed E-state index contributed by atoms with van der Waals surface area (Å²) in [5.74, 6) is 0. The molecule has 0 N–H and O–H groups in total. The van der Waals surface area contributed by atoms with Gasteiger partial charge in [0.25, 0.3) is 0 Å². The molecule has 6 nitrogen and oxygen atoms in total. The summed E-state index contributed by atoms with van der Waals surface area (Å²) >= 11 is 0. The fourth-order valence-electron chi connectivity index (χ4n) is 5.11. The second kappa shape index (κ2) is 38.9. The molecule has 0 saturated heterocycles. The van der Waals surface area contributed by atoms with Crippen LogP contribution in [0.15, 0.2) is 24.3 Å². The van der Waals surface area contributed by atoms with Gasteiger partial charge in [0, 0.05) is 0 Å². The number of unbranched alkanes of at least 4 members (excludes halogenated alkanes) is 24. The first-order valence-electron chi connectivity index (χ1n) is 18.4. The van der Waals surface area contributed by atoms with Crippen LogP contribution in [0.3, 0.4) is 0 Å². The summed E-state index contributed by atoms with van der Waals surface area (Å²) in [6.45, 7) is 4.50. The molecule has 0 saturated carbocycles. The zero-order chi connectivity index (χ0) is 33.0. The van der Waals surface area contributed by atoms with Gasteiger partial charge in [-0.3, -0.25) is 0 Å². The quantitative estimate of drug-likeness (QED) is 0.0291. The van der Waals surface area contributed by atoms with E-state index < -0.39 is 15.2 Å². The summed E-state index contributed by atoms with van der Waals surface area (Å²) in [4.78, 5) is 41.8. The molecule has 0 spiro atoms. The van der Waals surface area contributed by atoms with Crippen molar-refractivity contribution in [2.75, 3.05) is 12.3 Å². The topological polar surface area (TPSA) is 126 Å². The van der Waals surface area contributed by atoms with Crippen molar-refractivity contribution in [1.29, 1.82) is 0 Å². The van der Waals surface area contributed by atoms with E-state index in [1.165, 1.54) is 116 Å². The van der Waals surface area contributed by atoms with Gasteiger partial charge in [0.1, 0.15) is 0 Å². The SMILES string of the molecule is CCCCCCCC/C=C\CCCCCCCCP(=O)([O-])[O-].CCCCCCCC/C=C\CCCCCCCCP(=O)([O-])[O-].[Mo+4]. The molecule has 0 aromatic heterocycles. The van der Waals surface area contributed by atoms with Crippen LogP contribution in [0.25, 0.3) is 0 Å². The van der Waals surface area contributed by atoms with Crippen LogP contribution in [0.5, 0.6) is 0 Å². The van der Waals surface area contributed by atoms with Crippen LogP contribution in [0.2, 0.25) is 0 Å². The first-order valence-corrected chi connectivity index (χ1v) is 21.9. The maximum Gasteiger partial charge on any atom is 4.00 e. The molecule has 0 aliphatic rings. The van der Waals surface area contributed by atoms with E-state index in [0.29, 0.717) is 12.8 Å². The summed E-state index contributed by atoms with van der Waals surface area (Å²) in [5.41, 5.74) is 0. The maximum absolute atomic E-state index is 10.4. The normalized spacial score (nSPS) is 12.0. The molecule has 0 aliphatic heterocycles. The Bertz CT molecular complexity index is 660. The van der Waals surface area contributed by atoms with Gasteiger partial charge in [-0.05, 0) is 76.5 Å². The minimum Gasteiger partial charge on any atom is -0.811 e. The van der Waals surface area contributed by atoms with Crippen LogP contribution >= 0.6 is 15.2 Å². The van der Waals surface area contributed by atoms with Crippen LogP contribution in [0, 0.1) is 0 Å². The fourth-order valence-corrected chi connectivity index (χ4v) is 6.33. The first-order chi connectivity index (χ1) is 21.1. The molecule has 0 bridgehead atoms.